The number of hydrogen-bond donors (Lipinski definition) is 2. The quantitative estimate of drug-likeness (QED) is 0.303. The number of morpholine rings is 1. The fraction of sp³-hybridized carbons (Fsp3) is 0.276. The van der Waals surface area contributed by atoms with Gasteiger partial charge in [-0.1, -0.05) is 30.3 Å². The molecule has 9 nitrogen and oxygen atoms in total. The molecule has 0 saturated carbocycles. The summed E-state index contributed by atoms with van der Waals surface area (Å²) < 4.78 is 17.1. The third-order valence-corrected chi connectivity index (χ3v) is 6.55. The average Bonchev–Trinajstić information content (AvgIpc) is 2.96. The van der Waals surface area contributed by atoms with Crippen LogP contribution in [-0.2, 0) is 4.74 Å². The second kappa shape index (κ2) is 11.9. The van der Waals surface area contributed by atoms with Crippen LogP contribution in [0.2, 0.25) is 0 Å². The second-order valence-electron chi connectivity index (χ2n) is 9.01. The normalized spacial score (nSPS) is 13.8. The van der Waals surface area contributed by atoms with Crippen LogP contribution in [0.1, 0.15) is 16.8 Å². The summed E-state index contributed by atoms with van der Waals surface area (Å²) in [6, 6.07) is 18.8. The summed E-state index contributed by atoms with van der Waals surface area (Å²) in [4.78, 5) is 23.1. The van der Waals surface area contributed by atoms with Gasteiger partial charge in [-0.05, 0) is 41.8 Å². The first-order valence-corrected chi connectivity index (χ1v) is 12.6. The number of nitrogens with one attached hydrogen (secondary N) is 1. The molecule has 38 heavy (non-hydrogen) atoms. The molecule has 0 radical (unpaired) electrons. The van der Waals surface area contributed by atoms with E-state index in [0.717, 1.165) is 67.0 Å². The van der Waals surface area contributed by atoms with E-state index in [1.807, 2.05) is 48.5 Å². The van der Waals surface area contributed by atoms with E-state index in [1.54, 1.807) is 19.2 Å². The molecule has 1 aromatic heterocycles. The summed E-state index contributed by atoms with van der Waals surface area (Å²) in [6.07, 6.45) is 2.44. The van der Waals surface area contributed by atoms with Crippen LogP contribution >= 0.6 is 0 Å². The van der Waals surface area contributed by atoms with Crippen LogP contribution in [-0.4, -0.2) is 67.3 Å². The fourth-order valence-corrected chi connectivity index (χ4v) is 4.55. The van der Waals surface area contributed by atoms with E-state index in [4.69, 9.17) is 19.9 Å². The SMILES string of the molecule is COc1cc2c(Nc3ccc(-c4ccccc4C(N)=O)cc3)ncnc2cc1OCCCN1CCOCC1. The number of rotatable bonds is 10. The number of nitrogens with zero attached hydrogens (tertiary/aromatic N) is 3. The summed E-state index contributed by atoms with van der Waals surface area (Å²) in [5, 5.41) is 4.18. The molecule has 2 heterocycles. The van der Waals surface area contributed by atoms with Crippen LogP contribution in [0.15, 0.2) is 67.0 Å². The van der Waals surface area contributed by atoms with Crippen LogP contribution in [0.4, 0.5) is 11.5 Å². The van der Waals surface area contributed by atoms with Crippen LogP contribution < -0.4 is 20.5 Å². The molecule has 1 saturated heterocycles. The van der Waals surface area contributed by atoms with Crippen molar-refractivity contribution in [1.29, 1.82) is 0 Å². The minimum Gasteiger partial charge on any atom is -0.493 e. The highest BCUT2D eigenvalue weighted by Gasteiger charge is 2.14. The zero-order valence-corrected chi connectivity index (χ0v) is 21.4. The lowest BCUT2D eigenvalue weighted by Crippen LogP contribution is -2.37. The predicted octanol–water partition coefficient (Wildman–Crippen LogP) is 4.25. The summed E-state index contributed by atoms with van der Waals surface area (Å²) in [5.41, 5.74) is 9.31. The predicted molar refractivity (Wildman–Crippen MR) is 147 cm³/mol. The van der Waals surface area contributed by atoms with Gasteiger partial charge in [-0.15, -0.1) is 0 Å². The van der Waals surface area contributed by atoms with Crippen LogP contribution in [0.3, 0.4) is 0 Å². The zero-order chi connectivity index (χ0) is 26.3. The van der Waals surface area contributed by atoms with Crippen molar-refractivity contribution in [2.75, 3.05) is 51.9 Å². The standard InChI is InChI=1S/C29H31N5O4/c1-36-26-17-24-25(18-27(26)38-14-4-11-34-12-15-37-16-13-34)31-19-32-29(24)33-21-9-7-20(8-10-21)22-5-2-3-6-23(22)28(30)35/h2-3,5-10,17-19H,4,11-16H2,1H3,(H2,30,35)(H,31,32,33). The van der Waals surface area contributed by atoms with Gasteiger partial charge < -0.3 is 25.3 Å². The van der Waals surface area contributed by atoms with E-state index in [1.165, 1.54) is 6.33 Å². The van der Waals surface area contributed by atoms with Gasteiger partial charge in [-0.25, -0.2) is 9.97 Å². The lowest BCUT2D eigenvalue weighted by molar-refractivity contribution is 0.0357. The van der Waals surface area contributed by atoms with Crippen molar-refractivity contribution in [1.82, 2.24) is 14.9 Å². The lowest BCUT2D eigenvalue weighted by atomic mass is 9.99. The maximum absolute atomic E-state index is 11.8. The number of nitrogens with two attached hydrogens (primary N) is 1. The fourth-order valence-electron chi connectivity index (χ4n) is 4.55. The summed E-state index contributed by atoms with van der Waals surface area (Å²) in [6.45, 7) is 5.08. The van der Waals surface area contributed by atoms with Gasteiger partial charge in [0.05, 0.1) is 32.4 Å². The number of methoxy groups -OCH3 is 1. The third kappa shape index (κ3) is 5.85. The van der Waals surface area contributed by atoms with Gasteiger partial charge in [0.25, 0.3) is 0 Å². The molecule has 0 bridgehead atoms. The van der Waals surface area contributed by atoms with E-state index >= 15 is 0 Å². The largest absolute Gasteiger partial charge is 0.493 e. The molecule has 9 heteroatoms. The first-order chi connectivity index (χ1) is 18.6. The molecule has 0 aliphatic carbocycles. The first-order valence-electron chi connectivity index (χ1n) is 12.6. The zero-order valence-electron chi connectivity index (χ0n) is 21.4. The van der Waals surface area contributed by atoms with E-state index in [0.29, 0.717) is 29.5 Å². The van der Waals surface area contributed by atoms with E-state index < -0.39 is 5.91 Å². The van der Waals surface area contributed by atoms with Gasteiger partial charge in [0.2, 0.25) is 5.91 Å². The number of carbonyl (C=O) groups is 1. The Morgan fingerprint density at radius 1 is 1.05 bits per heavy atom. The number of hydrogen-bond acceptors (Lipinski definition) is 8. The molecule has 196 valence electrons. The smallest absolute Gasteiger partial charge is 0.249 e. The molecular weight excluding hydrogens is 482 g/mol. The molecule has 1 fully saturated rings. The summed E-state index contributed by atoms with van der Waals surface area (Å²) >= 11 is 0. The molecule has 0 atom stereocenters. The summed E-state index contributed by atoms with van der Waals surface area (Å²) in [7, 11) is 1.63. The second-order valence-corrected chi connectivity index (χ2v) is 9.01. The van der Waals surface area contributed by atoms with Crippen LogP contribution in [0.25, 0.3) is 22.0 Å². The van der Waals surface area contributed by atoms with Crippen molar-refractivity contribution >= 4 is 28.3 Å². The molecule has 0 spiro atoms. The number of ether oxygens (including phenoxy) is 3. The number of fused-ring (bicyclic) bond motifs is 1. The Bertz CT molecular complexity index is 1400. The summed E-state index contributed by atoms with van der Waals surface area (Å²) in [5.74, 6) is 1.48. The van der Waals surface area contributed by atoms with E-state index in [9.17, 15) is 4.79 Å². The first kappa shape index (κ1) is 25.4. The number of aromatic nitrogens is 2. The molecule has 1 aliphatic rings. The molecular formula is C29H31N5O4. The van der Waals surface area contributed by atoms with Crippen molar-refractivity contribution in [2.45, 2.75) is 6.42 Å². The van der Waals surface area contributed by atoms with Crippen LogP contribution in [0, 0.1) is 0 Å². The highest BCUT2D eigenvalue weighted by atomic mass is 16.5. The molecule has 1 amide bonds. The Morgan fingerprint density at radius 2 is 1.84 bits per heavy atom. The maximum atomic E-state index is 11.8. The molecule has 4 aromatic rings. The van der Waals surface area contributed by atoms with Gasteiger partial charge in [0, 0.05) is 42.3 Å². The van der Waals surface area contributed by atoms with Crippen molar-refractivity contribution < 1.29 is 19.0 Å². The lowest BCUT2D eigenvalue weighted by Gasteiger charge is -2.26. The minimum absolute atomic E-state index is 0.454. The van der Waals surface area contributed by atoms with Gasteiger partial charge in [0.1, 0.15) is 12.1 Å². The topological polar surface area (TPSA) is 112 Å². The van der Waals surface area contributed by atoms with Gasteiger partial charge in [-0.3, -0.25) is 9.69 Å². The van der Waals surface area contributed by atoms with Crippen molar-refractivity contribution in [3.8, 4) is 22.6 Å². The number of anilines is 2. The number of carbonyl (C=O) groups excluding carboxylic acids is 1. The number of primary amides is 1. The van der Waals surface area contributed by atoms with Crippen molar-refractivity contribution in [3.05, 3.63) is 72.6 Å². The Labute approximate surface area is 221 Å². The Morgan fingerprint density at radius 3 is 2.61 bits per heavy atom. The minimum atomic E-state index is -0.454. The average molecular weight is 514 g/mol. The Hall–Kier alpha value is -4.21. The molecule has 0 unspecified atom stereocenters. The Balaban J connectivity index is 1.30. The van der Waals surface area contributed by atoms with E-state index in [2.05, 4.69) is 20.2 Å². The van der Waals surface area contributed by atoms with Gasteiger partial charge in [0.15, 0.2) is 11.5 Å². The van der Waals surface area contributed by atoms with Crippen LogP contribution in [0.5, 0.6) is 11.5 Å². The van der Waals surface area contributed by atoms with Gasteiger partial charge in [-0.2, -0.15) is 0 Å². The molecule has 5 rings (SSSR count). The monoisotopic (exact) mass is 513 g/mol. The highest BCUT2D eigenvalue weighted by Crippen LogP contribution is 2.35. The van der Waals surface area contributed by atoms with Gasteiger partial charge >= 0.3 is 0 Å². The number of amides is 1. The molecule has 1 aliphatic heterocycles. The Kier molecular flexibility index (Phi) is 7.96. The third-order valence-electron chi connectivity index (χ3n) is 6.55. The van der Waals surface area contributed by atoms with E-state index in [-0.39, 0.29) is 0 Å². The number of benzene rings is 3. The van der Waals surface area contributed by atoms with Crippen molar-refractivity contribution in [3.63, 3.8) is 0 Å². The molecule has 3 aromatic carbocycles. The maximum Gasteiger partial charge on any atom is 0.249 e. The highest BCUT2D eigenvalue weighted by molar-refractivity contribution is 6.00. The molecule has 3 N–H and O–H groups in total. The van der Waals surface area contributed by atoms with Crippen molar-refractivity contribution in [2.24, 2.45) is 5.73 Å².